The smallest absolute Gasteiger partial charge is 0.406 e. The fraction of sp³-hybridized carbons (Fsp3) is 0.286. The van der Waals surface area contributed by atoms with Gasteiger partial charge in [0.15, 0.2) is 11.5 Å². The van der Waals surface area contributed by atoms with E-state index in [9.17, 15) is 22.8 Å². The molecule has 3 aromatic carbocycles. The topological polar surface area (TPSA) is 79.9 Å². The Kier molecular flexibility index (Phi) is 8.21. The second-order valence-corrected chi connectivity index (χ2v) is 8.84. The van der Waals surface area contributed by atoms with Gasteiger partial charge in [0.05, 0.1) is 14.2 Å². The number of hydrogen-bond acceptors (Lipinski definition) is 5. The van der Waals surface area contributed by atoms with Crippen LogP contribution in [0.1, 0.15) is 37.4 Å². The monoisotopic (exact) mass is 527 g/mol. The normalized spacial score (nSPS) is 12.9. The number of benzene rings is 3. The van der Waals surface area contributed by atoms with Crippen LogP contribution in [0.3, 0.4) is 0 Å². The molecule has 200 valence electrons. The van der Waals surface area contributed by atoms with Crippen LogP contribution in [0.5, 0.6) is 11.5 Å². The summed E-state index contributed by atoms with van der Waals surface area (Å²) in [5, 5.41) is 5.95. The minimum Gasteiger partial charge on any atom is -0.493 e. The van der Waals surface area contributed by atoms with Crippen LogP contribution >= 0.6 is 0 Å². The average Bonchev–Trinajstić information content (AvgIpc) is 2.93. The van der Waals surface area contributed by atoms with E-state index in [0.717, 1.165) is 29.0 Å². The Labute approximate surface area is 218 Å². The Balaban J connectivity index is 1.52. The Morgan fingerprint density at radius 1 is 0.947 bits per heavy atom. The van der Waals surface area contributed by atoms with Gasteiger partial charge in [-0.25, -0.2) is 0 Å². The van der Waals surface area contributed by atoms with Gasteiger partial charge >= 0.3 is 6.18 Å². The van der Waals surface area contributed by atoms with E-state index in [1.54, 1.807) is 42.5 Å². The molecular weight excluding hydrogens is 499 g/mol. The number of carbonyl (C=O) groups excluding carboxylic acids is 2. The molecule has 10 heteroatoms. The molecule has 3 aromatic rings. The number of methoxy groups -OCH3 is 2. The average molecular weight is 528 g/mol. The van der Waals surface area contributed by atoms with Crippen molar-refractivity contribution in [1.82, 2.24) is 10.6 Å². The van der Waals surface area contributed by atoms with Gasteiger partial charge in [-0.15, -0.1) is 0 Å². The van der Waals surface area contributed by atoms with Gasteiger partial charge in [-0.2, -0.15) is 13.2 Å². The third kappa shape index (κ3) is 6.44. The summed E-state index contributed by atoms with van der Waals surface area (Å²) >= 11 is 0. The zero-order chi connectivity index (χ0) is 27.3. The Morgan fingerprint density at radius 3 is 2.47 bits per heavy atom. The molecule has 1 heterocycles. The first kappa shape index (κ1) is 27.0. The van der Waals surface area contributed by atoms with Gasteiger partial charge < -0.3 is 20.1 Å². The third-order valence-electron chi connectivity index (χ3n) is 6.24. The number of nitrogens with zero attached hydrogens (tertiary/aromatic N) is 1. The van der Waals surface area contributed by atoms with Crippen molar-refractivity contribution in [3.8, 4) is 11.5 Å². The number of halogens is 3. The van der Waals surface area contributed by atoms with Gasteiger partial charge in [0.2, 0.25) is 0 Å². The molecule has 1 aliphatic heterocycles. The predicted molar refractivity (Wildman–Crippen MR) is 137 cm³/mol. The minimum absolute atomic E-state index is 0.0675. The molecule has 0 atom stereocenters. The number of anilines is 1. The number of hydrogen-bond donors (Lipinski definition) is 2. The molecule has 38 heavy (non-hydrogen) atoms. The van der Waals surface area contributed by atoms with Crippen LogP contribution < -0.4 is 25.0 Å². The Bertz CT molecular complexity index is 1330. The summed E-state index contributed by atoms with van der Waals surface area (Å²) < 4.78 is 50.9. The lowest BCUT2D eigenvalue weighted by Crippen LogP contribution is -2.39. The quantitative estimate of drug-likeness (QED) is 0.452. The second-order valence-electron chi connectivity index (χ2n) is 8.84. The highest BCUT2D eigenvalue weighted by Crippen LogP contribution is 2.29. The largest absolute Gasteiger partial charge is 0.493 e. The number of alkyl halides is 3. The Hall–Kier alpha value is -4.05. The molecule has 2 amide bonds. The molecule has 0 aromatic heterocycles. The van der Waals surface area contributed by atoms with Crippen molar-refractivity contribution in [2.75, 3.05) is 32.2 Å². The molecule has 0 aliphatic carbocycles. The number of rotatable bonds is 8. The molecule has 4 rings (SSSR count). The lowest BCUT2D eigenvalue weighted by molar-refractivity contribution is -0.118. The van der Waals surface area contributed by atoms with Crippen LogP contribution in [0.4, 0.5) is 18.9 Å². The van der Waals surface area contributed by atoms with Crippen LogP contribution in [-0.4, -0.2) is 45.3 Å². The fourth-order valence-electron chi connectivity index (χ4n) is 4.33. The molecule has 0 fully saturated rings. The van der Waals surface area contributed by atoms with E-state index in [1.165, 1.54) is 32.4 Å². The lowest BCUT2D eigenvalue weighted by atomic mass is 10.00. The second kappa shape index (κ2) is 11.6. The van der Waals surface area contributed by atoms with Crippen molar-refractivity contribution in [1.29, 1.82) is 0 Å². The maximum atomic E-state index is 13.5. The molecule has 7 nitrogen and oxygen atoms in total. The van der Waals surface area contributed by atoms with E-state index in [1.807, 2.05) is 0 Å². The minimum atomic E-state index is -4.59. The van der Waals surface area contributed by atoms with Crippen molar-refractivity contribution >= 4 is 17.5 Å². The molecule has 0 bridgehead atoms. The van der Waals surface area contributed by atoms with Gasteiger partial charge in [-0.1, -0.05) is 18.2 Å². The summed E-state index contributed by atoms with van der Waals surface area (Å²) in [4.78, 5) is 26.7. The number of nitrogens with one attached hydrogen (secondary N) is 2. The molecule has 2 N–H and O–H groups in total. The highest BCUT2D eigenvalue weighted by Gasteiger charge is 2.34. The number of fused-ring (bicyclic) bond motifs is 1. The highest BCUT2D eigenvalue weighted by molar-refractivity contribution is 6.06. The van der Waals surface area contributed by atoms with E-state index in [0.29, 0.717) is 29.2 Å². The number of ether oxygens (including phenoxy) is 2. The van der Waals surface area contributed by atoms with Crippen LogP contribution in [-0.2, 0) is 19.5 Å². The van der Waals surface area contributed by atoms with Crippen LogP contribution in [0.2, 0.25) is 0 Å². The first-order valence-electron chi connectivity index (χ1n) is 12.0. The maximum Gasteiger partial charge on any atom is 0.406 e. The van der Waals surface area contributed by atoms with Crippen LogP contribution in [0.15, 0.2) is 60.7 Å². The first-order valence-corrected chi connectivity index (χ1v) is 12.0. The van der Waals surface area contributed by atoms with E-state index >= 15 is 0 Å². The molecule has 0 radical (unpaired) electrons. The van der Waals surface area contributed by atoms with Gasteiger partial charge in [-0.05, 0) is 72.1 Å². The van der Waals surface area contributed by atoms with E-state index < -0.39 is 18.6 Å². The zero-order valence-electron chi connectivity index (χ0n) is 21.0. The van der Waals surface area contributed by atoms with E-state index in [-0.39, 0.29) is 23.7 Å². The summed E-state index contributed by atoms with van der Waals surface area (Å²) in [6.45, 7) is -0.0181. The van der Waals surface area contributed by atoms with Crippen LogP contribution in [0.25, 0.3) is 0 Å². The van der Waals surface area contributed by atoms with Crippen molar-refractivity contribution in [2.45, 2.75) is 25.7 Å². The summed E-state index contributed by atoms with van der Waals surface area (Å²) in [5.41, 5.74) is 3.10. The molecule has 0 saturated heterocycles. The van der Waals surface area contributed by atoms with Gasteiger partial charge in [0, 0.05) is 29.9 Å². The molecule has 0 spiro atoms. The standard InChI is InChI=1S/C28H28F3N3O4/c1-37-24-9-7-20(14-25(24)38-2)26(35)33-15-18-4-3-5-21(12-18)27(36)34(17-28(29,30)31)23-8-6-19-10-11-32-16-22(19)13-23/h3-9,12-14,32H,10-11,15-17H2,1-2H3,(H,33,35). The van der Waals surface area contributed by atoms with Gasteiger partial charge in [0.25, 0.3) is 11.8 Å². The summed E-state index contributed by atoms with van der Waals surface area (Å²) in [6.07, 6.45) is -3.81. The lowest BCUT2D eigenvalue weighted by Gasteiger charge is -2.26. The van der Waals surface area contributed by atoms with Crippen LogP contribution in [0, 0.1) is 0 Å². The summed E-state index contributed by atoms with van der Waals surface area (Å²) in [7, 11) is 2.95. The van der Waals surface area contributed by atoms with E-state index in [4.69, 9.17) is 9.47 Å². The highest BCUT2D eigenvalue weighted by atomic mass is 19.4. The molecule has 0 unspecified atom stereocenters. The third-order valence-corrected chi connectivity index (χ3v) is 6.24. The molecule has 1 aliphatic rings. The fourth-order valence-corrected chi connectivity index (χ4v) is 4.33. The van der Waals surface area contributed by atoms with Gasteiger partial charge in [-0.3, -0.25) is 14.5 Å². The molecular formula is C28H28F3N3O4. The van der Waals surface area contributed by atoms with Gasteiger partial charge in [0.1, 0.15) is 6.54 Å². The zero-order valence-corrected chi connectivity index (χ0v) is 21.0. The number of amides is 2. The maximum absolute atomic E-state index is 13.5. The molecule has 0 saturated carbocycles. The van der Waals surface area contributed by atoms with Crippen molar-refractivity contribution < 1.29 is 32.2 Å². The van der Waals surface area contributed by atoms with E-state index in [2.05, 4.69) is 10.6 Å². The first-order chi connectivity index (χ1) is 18.2. The predicted octanol–water partition coefficient (Wildman–Crippen LogP) is 4.49. The number of carbonyl (C=O) groups is 2. The van der Waals surface area contributed by atoms with Crippen molar-refractivity contribution in [2.24, 2.45) is 0 Å². The SMILES string of the molecule is COc1ccc(C(=O)NCc2cccc(C(=O)N(CC(F)(F)F)c3ccc4c(c3)CNCC4)c2)cc1OC. The summed E-state index contributed by atoms with van der Waals surface area (Å²) in [6, 6.07) is 15.9. The Morgan fingerprint density at radius 2 is 1.74 bits per heavy atom. The van der Waals surface area contributed by atoms with Crippen molar-refractivity contribution in [3.63, 3.8) is 0 Å². The van der Waals surface area contributed by atoms with Crippen molar-refractivity contribution in [3.05, 3.63) is 88.5 Å². The summed E-state index contributed by atoms with van der Waals surface area (Å²) in [5.74, 6) is -0.285.